The van der Waals surface area contributed by atoms with E-state index >= 15 is 0 Å². The van der Waals surface area contributed by atoms with Gasteiger partial charge in [0.2, 0.25) is 11.5 Å². The summed E-state index contributed by atoms with van der Waals surface area (Å²) >= 11 is 0. The molecular formula is C64H75N7O15. The van der Waals surface area contributed by atoms with Crippen LogP contribution in [0.1, 0.15) is 145 Å². The molecule has 1 aliphatic carbocycles. The standard InChI is InChI=1S/C64H75N7O15/c1-5-8-9-11-43(29-48(74)37-83-36-47(73)12-10-26-82-27-25-69-33-45(67-68-69)21-24-56(75)42-17-13-40(14-18-42)32-71-57(76)28-39(4)60(71)78)59(77)65-44-19-15-41(16-20-44)35-85-63(81)86-64(7-3)53-31-55-58-51(34-70(55)61(79)52(53)38-84-62(64)80)49(6-2)50-30-46(72)22-23-54(50)66-58/h15-16,19-20,22-23,28,30-31,33,40,42-43,72H,5-14,17-18,21,24-27,29,32,34-38H2,1-4H3,(H,65,77). The molecule has 3 aromatic heterocycles. The Hall–Kier alpha value is -8.24. The van der Waals surface area contributed by atoms with E-state index in [1.165, 1.54) is 11.0 Å². The monoisotopic (exact) mass is 1180 g/mol. The van der Waals surface area contributed by atoms with Crippen molar-refractivity contribution in [3.05, 3.63) is 110 Å². The number of anilines is 1. The van der Waals surface area contributed by atoms with Crippen molar-refractivity contribution in [3.8, 4) is 17.1 Å². The number of ketones is 3. The number of phenolic OH excluding ortho intramolecular Hbond substituents is 1. The van der Waals surface area contributed by atoms with Gasteiger partial charge in [0.25, 0.3) is 17.4 Å². The zero-order valence-electron chi connectivity index (χ0n) is 49.3. The summed E-state index contributed by atoms with van der Waals surface area (Å²) in [6, 6.07) is 13.1. The van der Waals surface area contributed by atoms with Crippen molar-refractivity contribution < 1.29 is 67.1 Å². The van der Waals surface area contributed by atoms with E-state index in [9.17, 15) is 48.3 Å². The molecule has 5 aromatic rings. The zero-order chi connectivity index (χ0) is 61.1. The SMILES string of the molecule is CCCCCC(CC(=O)COCC(=O)CCCOCCn1cc(CCC(=O)C2CCC(CN3C(=O)C=C(C)C3=O)CC2)nn1)C(=O)Nc1ccc(COC(=O)OC2(CC)C(=O)OCc3c2cc2n(c3=O)Cc3c-2nc2ccc(O)cc2c3CC)cc1. The predicted molar refractivity (Wildman–Crippen MR) is 312 cm³/mol. The second-order valence-corrected chi connectivity index (χ2v) is 22.8. The van der Waals surface area contributed by atoms with E-state index in [0.29, 0.717) is 97.8 Å². The van der Waals surface area contributed by atoms with E-state index in [4.69, 9.17) is 28.7 Å². The lowest BCUT2D eigenvalue weighted by Gasteiger charge is -2.35. The maximum atomic E-state index is 14.1. The molecule has 0 spiro atoms. The lowest BCUT2D eigenvalue weighted by Crippen LogP contribution is -2.47. The Kier molecular flexibility index (Phi) is 20.5. The number of unbranched alkanes of at least 4 members (excludes halogenated alkanes) is 2. The van der Waals surface area contributed by atoms with Gasteiger partial charge in [0.1, 0.15) is 38.0 Å². The van der Waals surface area contributed by atoms with E-state index < -0.39 is 29.2 Å². The topological polar surface area (TPSA) is 284 Å². The minimum absolute atomic E-state index is 0.0359. The van der Waals surface area contributed by atoms with Gasteiger partial charge in [0, 0.05) is 90.7 Å². The third kappa shape index (κ3) is 14.5. The van der Waals surface area contributed by atoms with Gasteiger partial charge in [0.15, 0.2) is 11.6 Å². The summed E-state index contributed by atoms with van der Waals surface area (Å²) in [5.41, 5.74) is 3.56. The number of hydrogen-bond acceptors (Lipinski definition) is 18. The van der Waals surface area contributed by atoms with Crippen LogP contribution in [0.15, 0.2) is 71.2 Å². The van der Waals surface area contributed by atoms with E-state index in [0.717, 1.165) is 61.5 Å². The Bertz CT molecular complexity index is 3490. The highest BCUT2D eigenvalue weighted by Crippen LogP contribution is 2.43. The number of nitrogens with one attached hydrogen (secondary N) is 1. The number of aryl methyl sites for hydroxylation is 2. The van der Waals surface area contributed by atoms with Crippen molar-refractivity contribution in [3.63, 3.8) is 0 Å². The average molecular weight is 1180 g/mol. The highest BCUT2D eigenvalue weighted by atomic mass is 16.7. The maximum absolute atomic E-state index is 14.1. The smallest absolute Gasteiger partial charge is 0.508 e. The lowest BCUT2D eigenvalue weighted by molar-refractivity contribution is -0.175. The highest BCUT2D eigenvalue weighted by Gasteiger charge is 2.51. The number of nitrogens with zero attached hydrogens (tertiary/aromatic N) is 6. The molecule has 2 N–H and O–H groups in total. The number of imide groups is 1. The van der Waals surface area contributed by atoms with Crippen LogP contribution in [0.3, 0.4) is 0 Å². The Morgan fingerprint density at radius 1 is 0.884 bits per heavy atom. The van der Waals surface area contributed by atoms with E-state index in [1.807, 2.05) is 13.8 Å². The fraction of sp³-hybridized carbons (Fsp3) is 0.500. The van der Waals surface area contributed by atoms with Gasteiger partial charge in [-0.25, -0.2) is 19.3 Å². The third-order valence-corrected chi connectivity index (χ3v) is 16.8. The molecule has 6 heterocycles. The Labute approximate surface area is 497 Å². The molecule has 2 unspecified atom stereocenters. The maximum Gasteiger partial charge on any atom is 0.510 e. The predicted octanol–water partition coefficient (Wildman–Crippen LogP) is 8.10. The first-order valence-corrected chi connectivity index (χ1v) is 30.0. The number of aromatic hydroxyl groups is 1. The van der Waals surface area contributed by atoms with Crippen molar-refractivity contribution in [2.24, 2.45) is 17.8 Å². The van der Waals surface area contributed by atoms with Crippen LogP contribution in [0.2, 0.25) is 0 Å². The van der Waals surface area contributed by atoms with Crippen molar-refractivity contribution in [1.82, 2.24) is 29.4 Å². The summed E-state index contributed by atoms with van der Waals surface area (Å²) in [5, 5.41) is 22.3. The molecule has 3 amide bonds. The zero-order valence-corrected chi connectivity index (χ0v) is 49.3. The number of pyridine rings is 2. The number of carbonyl (C=O) groups excluding carboxylic acids is 8. The number of ether oxygens (including phenoxy) is 5. The van der Waals surface area contributed by atoms with Crippen LogP contribution in [0, 0.1) is 17.8 Å². The molecule has 1 saturated carbocycles. The molecule has 9 rings (SSSR count). The van der Waals surface area contributed by atoms with Gasteiger partial charge < -0.3 is 38.7 Å². The van der Waals surface area contributed by atoms with Crippen molar-refractivity contribution in [2.45, 2.75) is 156 Å². The molecular weight excluding hydrogens is 1110 g/mol. The quantitative estimate of drug-likeness (QED) is 0.0245. The fourth-order valence-electron chi connectivity index (χ4n) is 12.0. The number of esters is 1. The Morgan fingerprint density at radius 3 is 2.40 bits per heavy atom. The number of Topliss-reactive ketones (excluding diaryl/α,β-unsaturated/α-hetero) is 3. The first-order valence-electron chi connectivity index (χ1n) is 30.0. The first kappa shape index (κ1) is 62.3. The molecule has 0 saturated heterocycles. The lowest BCUT2D eigenvalue weighted by atomic mass is 9.79. The molecule has 4 aliphatic rings. The van der Waals surface area contributed by atoms with Crippen molar-refractivity contribution in [2.75, 3.05) is 38.3 Å². The first-order chi connectivity index (χ1) is 41.5. The number of carbonyl (C=O) groups is 8. The number of hydrogen-bond donors (Lipinski definition) is 2. The minimum atomic E-state index is -1.99. The Balaban J connectivity index is 0.666. The molecule has 2 aromatic carbocycles. The summed E-state index contributed by atoms with van der Waals surface area (Å²) in [4.78, 5) is 124. The van der Waals surface area contributed by atoms with Gasteiger partial charge >= 0.3 is 12.1 Å². The minimum Gasteiger partial charge on any atom is -0.508 e. The van der Waals surface area contributed by atoms with Crippen LogP contribution in [0.4, 0.5) is 10.5 Å². The van der Waals surface area contributed by atoms with Crippen molar-refractivity contribution >= 4 is 63.8 Å². The number of rotatable bonds is 30. The second-order valence-electron chi connectivity index (χ2n) is 22.8. The number of amides is 3. The van der Waals surface area contributed by atoms with Crippen LogP contribution in [0.25, 0.3) is 22.3 Å². The molecule has 1 fully saturated rings. The van der Waals surface area contributed by atoms with Gasteiger partial charge in [-0.05, 0) is 112 Å². The van der Waals surface area contributed by atoms with Gasteiger partial charge in [-0.2, -0.15) is 0 Å². The van der Waals surface area contributed by atoms with Gasteiger partial charge in [0.05, 0.1) is 47.9 Å². The normalized spacial score (nSPS) is 18.3. The van der Waals surface area contributed by atoms with E-state index in [-0.39, 0.29) is 116 Å². The third-order valence-electron chi connectivity index (χ3n) is 16.8. The number of benzene rings is 2. The molecule has 3 aliphatic heterocycles. The molecule has 86 heavy (non-hydrogen) atoms. The van der Waals surface area contributed by atoms with Crippen LogP contribution < -0.4 is 10.9 Å². The number of cyclic esters (lactones) is 1. The average Bonchev–Trinajstić information content (AvgIpc) is 1.58. The molecule has 456 valence electrons. The molecule has 22 nitrogen and oxygen atoms in total. The van der Waals surface area contributed by atoms with E-state index in [1.54, 1.807) is 77.8 Å². The molecule has 22 heteroatoms. The molecule has 0 bridgehead atoms. The second kappa shape index (κ2) is 28.3. The molecule has 2 atom stereocenters. The summed E-state index contributed by atoms with van der Waals surface area (Å²) in [5.74, 6) is -2.36. The Morgan fingerprint density at radius 2 is 1.66 bits per heavy atom. The summed E-state index contributed by atoms with van der Waals surface area (Å²) in [7, 11) is 0. The molecule has 0 radical (unpaired) electrons. The summed E-state index contributed by atoms with van der Waals surface area (Å²) < 4.78 is 31.3. The van der Waals surface area contributed by atoms with Gasteiger partial charge in [-0.1, -0.05) is 57.4 Å². The number of fused-ring (bicyclic) bond motifs is 5. The van der Waals surface area contributed by atoms with Crippen LogP contribution in [-0.2, 0) is 102 Å². The highest BCUT2D eigenvalue weighted by molar-refractivity contribution is 6.15. The van der Waals surface area contributed by atoms with Crippen LogP contribution in [0.5, 0.6) is 5.75 Å². The number of phenols is 1. The van der Waals surface area contributed by atoms with E-state index in [2.05, 4.69) is 15.6 Å². The number of aromatic nitrogens is 5. The van der Waals surface area contributed by atoms with Crippen molar-refractivity contribution in [1.29, 1.82) is 0 Å². The summed E-state index contributed by atoms with van der Waals surface area (Å²) in [6.45, 7) is 7.93. The largest absolute Gasteiger partial charge is 0.510 e. The van der Waals surface area contributed by atoms with Crippen LogP contribution >= 0.6 is 0 Å². The van der Waals surface area contributed by atoms with Gasteiger partial charge in [-0.15, -0.1) is 5.10 Å². The van der Waals surface area contributed by atoms with Crippen LogP contribution in [-0.4, -0.2) is 115 Å². The summed E-state index contributed by atoms with van der Waals surface area (Å²) in [6.07, 6.45) is 10.0. The fourth-order valence-corrected chi connectivity index (χ4v) is 12.0. The van der Waals surface area contributed by atoms with Gasteiger partial charge in [-0.3, -0.25) is 38.5 Å².